The lowest BCUT2D eigenvalue weighted by Gasteiger charge is -2.42. The van der Waals surface area contributed by atoms with Crippen LogP contribution in [0.3, 0.4) is 0 Å². The first kappa shape index (κ1) is 14.3. The second-order valence-corrected chi connectivity index (χ2v) is 7.34. The van der Waals surface area contributed by atoms with E-state index in [1.54, 1.807) is 0 Å². The molecule has 1 amide bonds. The number of primary amides is 1. The van der Waals surface area contributed by atoms with Crippen LogP contribution in [0.1, 0.15) is 57.8 Å². The van der Waals surface area contributed by atoms with Gasteiger partial charge in [0, 0.05) is 6.04 Å². The number of nitrogens with two attached hydrogens (primary N) is 1. The van der Waals surface area contributed by atoms with Gasteiger partial charge in [-0.2, -0.15) is 0 Å². The topological polar surface area (TPSA) is 58.4 Å². The van der Waals surface area contributed by atoms with Crippen LogP contribution in [0.25, 0.3) is 0 Å². The third kappa shape index (κ3) is 2.37. The van der Waals surface area contributed by atoms with E-state index in [2.05, 4.69) is 10.2 Å². The fourth-order valence-corrected chi connectivity index (χ4v) is 4.89. The lowest BCUT2D eigenvalue weighted by atomic mass is 9.76. The highest BCUT2D eigenvalue weighted by molar-refractivity contribution is 5.85. The Balaban J connectivity index is 1.58. The highest BCUT2D eigenvalue weighted by atomic mass is 16.1. The standard InChI is InChI=1S/C16H29N3O/c1-18-16(14(17)20)7-4-13(12-16)19-10-8-15(9-11-19)5-2-3-6-15/h13,18H,2-12H2,1H3,(H2,17,20). The molecule has 3 rings (SSSR count). The fraction of sp³-hybridized carbons (Fsp3) is 0.938. The molecular weight excluding hydrogens is 250 g/mol. The number of nitrogens with one attached hydrogen (secondary N) is 1. The van der Waals surface area contributed by atoms with Gasteiger partial charge in [0.05, 0.1) is 5.54 Å². The number of hydrogen-bond acceptors (Lipinski definition) is 3. The molecule has 0 bridgehead atoms. The number of amides is 1. The van der Waals surface area contributed by atoms with Gasteiger partial charge in [-0.1, -0.05) is 12.8 Å². The minimum Gasteiger partial charge on any atom is -0.368 e. The number of nitrogens with zero attached hydrogens (tertiary/aromatic N) is 1. The summed E-state index contributed by atoms with van der Waals surface area (Å²) in [5, 5.41) is 3.19. The first-order valence-corrected chi connectivity index (χ1v) is 8.32. The van der Waals surface area contributed by atoms with Crippen LogP contribution in [0.5, 0.6) is 0 Å². The summed E-state index contributed by atoms with van der Waals surface area (Å²) in [6, 6.07) is 0.550. The van der Waals surface area contributed by atoms with Crippen LogP contribution in [0.4, 0.5) is 0 Å². The molecule has 4 nitrogen and oxygen atoms in total. The van der Waals surface area contributed by atoms with E-state index in [1.807, 2.05) is 7.05 Å². The molecule has 0 aromatic heterocycles. The molecule has 3 fully saturated rings. The van der Waals surface area contributed by atoms with Crippen molar-refractivity contribution in [3.8, 4) is 0 Å². The van der Waals surface area contributed by atoms with Crippen molar-refractivity contribution in [1.29, 1.82) is 0 Å². The van der Waals surface area contributed by atoms with E-state index < -0.39 is 5.54 Å². The van der Waals surface area contributed by atoms with Crippen molar-refractivity contribution in [2.45, 2.75) is 69.4 Å². The Kier molecular flexibility index (Phi) is 3.80. The maximum absolute atomic E-state index is 11.7. The van der Waals surface area contributed by atoms with Gasteiger partial charge in [-0.25, -0.2) is 0 Å². The number of likely N-dealkylation sites (tertiary alicyclic amines) is 1. The predicted molar refractivity (Wildman–Crippen MR) is 80.3 cm³/mol. The lowest BCUT2D eigenvalue weighted by Crippen LogP contribution is -2.53. The van der Waals surface area contributed by atoms with E-state index in [1.165, 1.54) is 51.6 Å². The first-order chi connectivity index (χ1) is 9.59. The van der Waals surface area contributed by atoms with Crippen LogP contribution >= 0.6 is 0 Å². The molecule has 2 atom stereocenters. The Morgan fingerprint density at radius 2 is 1.80 bits per heavy atom. The van der Waals surface area contributed by atoms with Gasteiger partial charge in [0.25, 0.3) is 0 Å². The summed E-state index contributed by atoms with van der Waals surface area (Å²) in [6.07, 6.45) is 11.4. The molecule has 0 aromatic rings. The fourth-order valence-electron chi connectivity index (χ4n) is 4.89. The molecule has 2 saturated carbocycles. The molecule has 3 N–H and O–H groups in total. The van der Waals surface area contributed by atoms with Gasteiger partial charge >= 0.3 is 0 Å². The summed E-state index contributed by atoms with van der Waals surface area (Å²) < 4.78 is 0. The van der Waals surface area contributed by atoms with Crippen LogP contribution < -0.4 is 11.1 Å². The van der Waals surface area contributed by atoms with Crippen molar-refractivity contribution < 1.29 is 4.79 Å². The average Bonchev–Trinajstić information content (AvgIpc) is 3.08. The summed E-state index contributed by atoms with van der Waals surface area (Å²) in [5.41, 5.74) is 5.84. The van der Waals surface area contributed by atoms with Crippen molar-refractivity contribution in [1.82, 2.24) is 10.2 Å². The van der Waals surface area contributed by atoms with Crippen LogP contribution in [0.2, 0.25) is 0 Å². The second-order valence-electron chi connectivity index (χ2n) is 7.34. The van der Waals surface area contributed by atoms with E-state index in [-0.39, 0.29) is 5.91 Å². The van der Waals surface area contributed by atoms with Crippen molar-refractivity contribution in [3.63, 3.8) is 0 Å². The molecular formula is C16H29N3O. The SMILES string of the molecule is CNC1(C(N)=O)CCC(N2CCC3(CCCC3)CC2)C1. The number of likely N-dealkylation sites (N-methyl/N-ethyl adjacent to an activating group) is 1. The maximum atomic E-state index is 11.7. The summed E-state index contributed by atoms with van der Waals surface area (Å²) in [5.74, 6) is -0.174. The zero-order valence-electron chi connectivity index (χ0n) is 12.8. The summed E-state index contributed by atoms with van der Waals surface area (Å²) in [4.78, 5) is 14.4. The van der Waals surface area contributed by atoms with Gasteiger partial charge in [0.2, 0.25) is 5.91 Å². The number of carbonyl (C=O) groups is 1. The Bertz CT molecular complexity index is 368. The van der Waals surface area contributed by atoms with Gasteiger partial charge in [-0.15, -0.1) is 0 Å². The summed E-state index contributed by atoms with van der Waals surface area (Å²) in [7, 11) is 1.87. The second kappa shape index (κ2) is 5.30. The third-order valence-electron chi connectivity index (χ3n) is 6.48. The molecule has 0 radical (unpaired) electrons. The molecule has 20 heavy (non-hydrogen) atoms. The highest BCUT2D eigenvalue weighted by Gasteiger charge is 2.46. The molecule has 1 spiro atoms. The first-order valence-electron chi connectivity index (χ1n) is 8.32. The van der Waals surface area contributed by atoms with Crippen LogP contribution in [0, 0.1) is 5.41 Å². The van der Waals surface area contributed by atoms with E-state index in [9.17, 15) is 4.79 Å². The molecule has 1 aliphatic heterocycles. The highest BCUT2D eigenvalue weighted by Crippen LogP contribution is 2.47. The van der Waals surface area contributed by atoms with E-state index in [0.29, 0.717) is 11.5 Å². The van der Waals surface area contributed by atoms with Gasteiger partial charge in [-0.3, -0.25) is 4.79 Å². The Hall–Kier alpha value is -0.610. The molecule has 3 aliphatic rings. The van der Waals surface area contributed by atoms with Crippen LogP contribution in [0.15, 0.2) is 0 Å². The number of hydrogen-bond donors (Lipinski definition) is 2. The third-order valence-corrected chi connectivity index (χ3v) is 6.48. The summed E-state index contributed by atoms with van der Waals surface area (Å²) >= 11 is 0. The van der Waals surface area contributed by atoms with Crippen molar-refractivity contribution >= 4 is 5.91 Å². The largest absolute Gasteiger partial charge is 0.368 e. The lowest BCUT2D eigenvalue weighted by molar-refractivity contribution is -0.124. The van der Waals surface area contributed by atoms with Crippen molar-refractivity contribution in [2.75, 3.05) is 20.1 Å². The quantitative estimate of drug-likeness (QED) is 0.825. The van der Waals surface area contributed by atoms with Crippen LogP contribution in [-0.4, -0.2) is 42.5 Å². The smallest absolute Gasteiger partial charge is 0.237 e. The molecule has 114 valence electrons. The Morgan fingerprint density at radius 1 is 1.15 bits per heavy atom. The molecule has 1 saturated heterocycles. The number of rotatable bonds is 3. The molecule has 4 heteroatoms. The monoisotopic (exact) mass is 279 g/mol. The van der Waals surface area contributed by atoms with E-state index in [4.69, 9.17) is 5.73 Å². The average molecular weight is 279 g/mol. The van der Waals surface area contributed by atoms with Gasteiger partial charge < -0.3 is 16.0 Å². The zero-order valence-corrected chi connectivity index (χ0v) is 12.8. The molecule has 1 heterocycles. The predicted octanol–water partition coefficient (Wildman–Crippen LogP) is 1.64. The zero-order chi connectivity index (χ0) is 14.2. The van der Waals surface area contributed by atoms with Gasteiger partial charge in [-0.05, 0) is 70.5 Å². The molecule has 2 unspecified atom stereocenters. The maximum Gasteiger partial charge on any atom is 0.237 e. The number of piperidine rings is 1. The van der Waals surface area contributed by atoms with E-state index in [0.717, 1.165) is 19.3 Å². The van der Waals surface area contributed by atoms with Crippen molar-refractivity contribution in [2.24, 2.45) is 11.1 Å². The normalized spacial score (nSPS) is 37.5. The minimum absolute atomic E-state index is 0.174. The molecule has 2 aliphatic carbocycles. The van der Waals surface area contributed by atoms with Gasteiger partial charge in [0.1, 0.15) is 0 Å². The Morgan fingerprint density at radius 3 is 2.30 bits per heavy atom. The van der Waals surface area contributed by atoms with Gasteiger partial charge in [0.15, 0.2) is 0 Å². The number of carbonyl (C=O) groups excluding carboxylic acids is 1. The van der Waals surface area contributed by atoms with Crippen LogP contribution in [-0.2, 0) is 4.79 Å². The molecule has 0 aromatic carbocycles. The van der Waals surface area contributed by atoms with E-state index >= 15 is 0 Å². The summed E-state index contributed by atoms with van der Waals surface area (Å²) in [6.45, 7) is 2.45. The Labute approximate surface area is 122 Å². The van der Waals surface area contributed by atoms with Crippen molar-refractivity contribution in [3.05, 3.63) is 0 Å². The minimum atomic E-state index is -0.451.